The number of benzene rings is 1. The van der Waals surface area contributed by atoms with Gasteiger partial charge in [0.05, 0.1) is 6.04 Å². The highest BCUT2D eigenvalue weighted by Gasteiger charge is 2.31. The van der Waals surface area contributed by atoms with Gasteiger partial charge in [-0.05, 0) is 65.2 Å². The van der Waals surface area contributed by atoms with E-state index < -0.39 is 16.0 Å². The SMILES string of the molecule is CC[C@H](C)NS(=O)(=O)c1cc(NC(=O)C2CC2)ccc1Oc1c(C)c(C(=O)O)nn1C(C)C. The maximum absolute atomic E-state index is 13.2. The van der Waals surface area contributed by atoms with Crippen LogP contribution in [-0.2, 0) is 14.8 Å². The van der Waals surface area contributed by atoms with Crippen LogP contribution in [0.4, 0.5) is 5.69 Å². The molecule has 0 unspecified atom stereocenters. The number of anilines is 1. The topological polar surface area (TPSA) is 140 Å². The van der Waals surface area contributed by atoms with Crippen LogP contribution in [0, 0.1) is 12.8 Å². The predicted octanol–water partition coefficient (Wildman–Crippen LogP) is 3.69. The average molecular weight is 479 g/mol. The third-order valence-electron chi connectivity index (χ3n) is 5.41. The molecule has 1 heterocycles. The van der Waals surface area contributed by atoms with E-state index in [9.17, 15) is 23.1 Å². The van der Waals surface area contributed by atoms with E-state index in [1.54, 1.807) is 19.9 Å². The van der Waals surface area contributed by atoms with Crippen molar-refractivity contribution in [1.82, 2.24) is 14.5 Å². The molecule has 10 nitrogen and oxygen atoms in total. The summed E-state index contributed by atoms with van der Waals surface area (Å²) in [6.07, 6.45) is 2.21. The summed E-state index contributed by atoms with van der Waals surface area (Å²) in [6, 6.07) is 3.80. The van der Waals surface area contributed by atoms with Crippen LogP contribution in [-0.4, -0.2) is 41.2 Å². The highest BCUT2D eigenvalue weighted by molar-refractivity contribution is 7.89. The summed E-state index contributed by atoms with van der Waals surface area (Å²) < 4.78 is 36.4. The maximum Gasteiger partial charge on any atom is 0.356 e. The lowest BCUT2D eigenvalue weighted by Crippen LogP contribution is -2.32. The van der Waals surface area contributed by atoms with Crippen LogP contribution in [0.1, 0.15) is 69.1 Å². The third kappa shape index (κ3) is 5.53. The van der Waals surface area contributed by atoms with Crippen molar-refractivity contribution in [2.45, 2.75) is 70.9 Å². The fourth-order valence-corrected chi connectivity index (χ4v) is 4.64. The number of hydrogen-bond acceptors (Lipinski definition) is 6. The quantitative estimate of drug-likeness (QED) is 0.473. The summed E-state index contributed by atoms with van der Waals surface area (Å²) in [5, 5.41) is 16.3. The van der Waals surface area contributed by atoms with E-state index in [-0.39, 0.29) is 51.7 Å². The van der Waals surface area contributed by atoms with Crippen LogP contribution in [0.5, 0.6) is 11.6 Å². The van der Waals surface area contributed by atoms with Crippen LogP contribution >= 0.6 is 0 Å². The molecule has 0 saturated heterocycles. The summed E-state index contributed by atoms with van der Waals surface area (Å²) in [6.45, 7) is 8.77. The minimum Gasteiger partial charge on any atom is -0.476 e. The Morgan fingerprint density at radius 2 is 1.94 bits per heavy atom. The monoisotopic (exact) mass is 478 g/mol. The molecule has 1 atom stereocenters. The largest absolute Gasteiger partial charge is 0.476 e. The zero-order valence-corrected chi connectivity index (χ0v) is 20.2. The first kappa shape index (κ1) is 24.7. The number of carbonyl (C=O) groups excluding carboxylic acids is 1. The molecule has 180 valence electrons. The first-order valence-corrected chi connectivity index (χ1v) is 12.4. The first-order chi connectivity index (χ1) is 15.4. The smallest absolute Gasteiger partial charge is 0.356 e. The van der Waals surface area contributed by atoms with Gasteiger partial charge in [-0.25, -0.2) is 22.6 Å². The number of nitrogens with one attached hydrogen (secondary N) is 2. The molecule has 3 N–H and O–H groups in total. The summed E-state index contributed by atoms with van der Waals surface area (Å²) >= 11 is 0. The van der Waals surface area contributed by atoms with Gasteiger partial charge in [0.25, 0.3) is 0 Å². The highest BCUT2D eigenvalue weighted by Crippen LogP contribution is 2.36. The number of amides is 1. The molecule has 11 heteroatoms. The molecule has 1 aromatic carbocycles. The summed E-state index contributed by atoms with van der Waals surface area (Å²) in [5.74, 6) is -1.27. The molecule has 0 aliphatic heterocycles. The Morgan fingerprint density at radius 1 is 1.27 bits per heavy atom. The normalized spacial score (nSPS) is 14.8. The predicted molar refractivity (Wildman–Crippen MR) is 122 cm³/mol. The third-order valence-corrected chi connectivity index (χ3v) is 7.02. The minimum atomic E-state index is -4.01. The molecule has 1 aliphatic carbocycles. The number of hydrogen-bond donors (Lipinski definition) is 3. The van der Waals surface area contributed by atoms with Crippen LogP contribution < -0.4 is 14.8 Å². The van der Waals surface area contributed by atoms with Gasteiger partial charge in [0, 0.05) is 23.2 Å². The Morgan fingerprint density at radius 3 is 2.48 bits per heavy atom. The highest BCUT2D eigenvalue weighted by atomic mass is 32.2. The van der Waals surface area contributed by atoms with Crippen molar-refractivity contribution in [3.05, 3.63) is 29.5 Å². The van der Waals surface area contributed by atoms with E-state index in [2.05, 4.69) is 15.1 Å². The lowest BCUT2D eigenvalue weighted by Gasteiger charge is -2.18. The molecule has 1 fully saturated rings. The summed E-state index contributed by atoms with van der Waals surface area (Å²) in [7, 11) is -4.01. The number of nitrogens with zero attached hydrogens (tertiary/aromatic N) is 2. The fraction of sp³-hybridized carbons (Fsp3) is 0.500. The number of carbonyl (C=O) groups is 2. The number of carboxylic acids is 1. The fourth-order valence-electron chi connectivity index (χ4n) is 3.16. The number of aromatic nitrogens is 2. The van der Waals surface area contributed by atoms with E-state index in [4.69, 9.17) is 4.74 Å². The summed E-state index contributed by atoms with van der Waals surface area (Å²) in [5.41, 5.74) is 0.443. The number of ether oxygens (including phenoxy) is 1. The molecule has 0 radical (unpaired) electrons. The Bertz CT molecular complexity index is 1170. The van der Waals surface area contributed by atoms with Crippen molar-refractivity contribution in [3.8, 4) is 11.6 Å². The van der Waals surface area contributed by atoms with E-state index in [0.717, 1.165) is 12.8 Å². The standard InChI is InChI=1S/C22H30N4O6S/c1-6-13(4)25-33(30,31)18-11-16(23-20(27)15-7-8-15)9-10-17(18)32-21-14(5)19(22(28)29)24-26(21)12(2)3/h9-13,15,25H,6-8H2,1-5H3,(H,23,27)(H,28,29)/t13-/m0/s1. The second-order valence-electron chi connectivity index (χ2n) is 8.58. The average Bonchev–Trinajstić information content (AvgIpc) is 3.53. The zero-order chi connectivity index (χ0) is 24.5. The van der Waals surface area contributed by atoms with Crippen molar-refractivity contribution in [2.75, 3.05) is 5.32 Å². The van der Waals surface area contributed by atoms with Crippen LogP contribution in [0.2, 0.25) is 0 Å². The van der Waals surface area contributed by atoms with Gasteiger partial charge in [-0.15, -0.1) is 0 Å². The van der Waals surface area contributed by atoms with Gasteiger partial charge < -0.3 is 15.2 Å². The first-order valence-electron chi connectivity index (χ1n) is 10.9. The van der Waals surface area contributed by atoms with Gasteiger partial charge in [-0.3, -0.25) is 4.79 Å². The van der Waals surface area contributed by atoms with Gasteiger partial charge in [0.15, 0.2) is 5.69 Å². The molecular weight excluding hydrogens is 448 g/mol. The van der Waals surface area contributed by atoms with Crippen LogP contribution in [0.3, 0.4) is 0 Å². The van der Waals surface area contributed by atoms with Crippen molar-refractivity contribution < 1.29 is 27.9 Å². The minimum absolute atomic E-state index is 0.00272. The molecule has 1 aliphatic rings. The molecule has 1 amide bonds. The zero-order valence-electron chi connectivity index (χ0n) is 19.4. The molecule has 1 aromatic heterocycles. The number of aromatic carboxylic acids is 1. The number of carboxylic acid groups (broad SMARTS) is 1. The van der Waals surface area contributed by atoms with Crippen molar-refractivity contribution >= 4 is 27.6 Å². The van der Waals surface area contributed by atoms with Gasteiger partial charge in [-0.2, -0.15) is 5.10 Å². The van der Waals surface area contributed by atoms with E-state index in [0.29, 0.717) is 12.1 Å². The molecule has 2 aromatic rings. The van der Waals surface area contributed by atoms with E-state index >= 15 is 0 Å². The molecule has 0 bridgehead atoms. The number of sulfonamides is 1. The van der Waals surface area contributed by atoms with Gasteiger partial charge >= 0.3 is 5.97 Å². The molecular formula is C22H30N4O6S. The Labute approximate surface area is 193 Å². The van der Waals surface area contributed by atoms with Gasteiger partial charge in [-0.1, -0.05) is 6.92 Å². The maximum atomic E-state index is 13.2. The lowest BCUT2D eigenvalue weighted by molar-refractivity contribution is -0.117. The van der Waals surface area contributed by atoms with Gasteiger partial charge in [0.1, 0.15) is 10.6 Å². The molecule has 1 saturated carbocycles. The summed E-state index contributed by atoms with van der Waals surface area (Å²) in [4.78, 5) is 23.6. The second-order valence-corrected chi connectivity index (χ2v) is 10.3. The van der Waals surface area contributed by atoms with Crippen LogP contribution in [0.15, 0.2) is 23.1 Å². The van der Waals surface area contributed by atoms with E-state index in [1.807, 2.05) is 20.8 Å². The van der Waals surface area contributed by atoms with Crippen molar-refractivity contribution in [3.63, 3.8) is 0 Å². The molecule has 0 spiro atoms. The number of rotatable bonds is 10. The second kappa shape index (κ2) is 9.52. The Hall–Kier alpha value is -2.92. The van der Waals surface area contributed by atoms with Crippen molar-refractivity contribution in [1.29, 1.82) is 0 Å². The van der Waals surface area contributed by atoms with E-state index in [1.165, 1.54) is 16.8 Å². The Kier molecular flexibility index (Phi) is 7.13. The Balaban J connectivity index is 2.07. The molecule has 33 heavy (non-hydrogen) atoms. The van der Waals surface area contributed by atoms with Crippen molar-refractivity contribution in [2.24, 2.45) is 5.92 Å². The lowest BCUT2D eigenvalue weighted by atomic mass is 10.2. The molecule has 3 rings (SSSR count). The van der Waals surface area contributed by atoms with Gasteiger partial charge in [0.2, 0.25) is 21.8 Å². The van der Waals surface area contributed by atoms with Crippen LogP contribution in [0.25, 0.3) is 0 Å².